The van der Waals surface area contributed by atoms with E-state index in [4.69, 9.17) is 16.7 Å². The molecule has 1 aromatic rings. The number of rotatable bonds is 6. The Balaban J connectivity index is 2.32. The van der Waals surface area contributed by atoms with Gasteiger partial charge in [0, 0.05) is 17.1 Å². The summed E-state index contributed by atoms with van der Waals surface area (Å²) in [6.45, 7) is 1.92. The maximum atomic E-state index is 11.7. The highest BCUT2D eigenvalue weighted by molar-refractivity contribution is 6.30. The molecule has 0 aliphatic heterocycles. The predicted molar refractivity (Wildman–Crippen MR) is 73.1 cm³/mol. The topological polar surface area (TPSA) is 78.4 Å². The van der Waals surface area contributed by atoms with Crippen molar-refractivity contribution in [2.75, 3.05) is 13.1 Å². The fourth-order valence-corrected chi connectivity index (χ4v) is 1.57. The normalized spacial score (nSPS) is 11.7. The lowest BCUT2D eigenvalue weighted by atomic mass is 10.2. The van der Waals surface area contributed by atoms with Crippen LogP contribution < -0.4 is 10.6 Å². The lowest BCUT2D eigenvalue weighted by Crippen LogP contribution is -2.37. The molecule has 104 valence electrons. The third-order valence-corrected chi connectivity index (χ3v) is 2.62. The van der Waals surface area contributed by atoms with Crippen LogP contribution in [0, 0.1) is 0 Å². The van der Waals surface area contributed by atoms with Crippen molar-refractivity contribution in [3.8, 4) is 0 Å². The van der Waals surface area contributed by atoms with Crippen LogP contribution in [0.2, 0.25) is 5.02 Å². The van der Waals surface area contributed by atoms with E-state index in [0.29, 0.717) is 23.6 Å². The Morgan fingerprint density at radius 3 is 2.74 bits per heavy atom. The SMILES string of the molecule is CC(O)CCNC(=O)CNC(=O)c1cccc(Cl)c1. The average molecular weight is 285 g/mol. The van der Waals surface area contributed by atoms with Crippen molar-refractivity contribution in [3.63, 3.8) is 0 Å². The van der Waals surface area contributed by atoms with Crippen LogP contribution >= 0.6 is 11.6 Å². The lowest BCUT2D eigenvalue weighted by molar-refractivity contribution is -0.120. The minimum atomic E-state index is -0.457. The molecule has 6 heteroatoms. The smallest absolute Gasteiger partial charge is 0.251 e. The van der Waals surface area contributed by atoms with Gasteiger partial charge in [-0.2, -0.15) is 0 Å². The zero-order valence-electron chi connectivity index (χ0n) is 10.6. The van der Waals surface area contributed by atoms with Crippen LogP contribution in [0.15, 0.2) is 24.3 Å². The van der Waals surface area contributed by atoms with Crippen LogP contribution in [-0.2, 0) is 4.79 Å². The average Bonchev–Trinajstić information content (AvgIpc) is 2.35. The van der Waals surface area contributed by atoms with Gasteiger partial charge in [-0.25, -0.2) is 0 Å². The number of carbonyl (C=O) groups is 2. The maximum absolute atomic E-state index is 11.7. The summed E-state index contributed by atoms with van der Waals surface area (Å²) in [4.78, 5) is 23.1. The van der Waals surface area contributed by atoms with Gasteiger partial charge in [-0.15, -0.1) is 0 Å². The molecule has 1 unspecified atom stereocenters. The Labute approximate surface area is 117 Å². The van der Waals surface area contributed by atoms with E-state index in [1.54, 1.807) is 25.1 Å². The second kappa shape index (κ2) is 7.76. The van der Waals surface area contributed by atoms with Gasteiger partial charge in [-0.1, -0.05) is 17.7 Å². The minimum absolute atomic E-state index is 0.106. The second-order valence-corrected chi connectivity index (χ2v) is 4.62. The molecule has 0 aliphatic carbocycles. The number of amides is 2. The van der Waals surface area contributed by atoms with Crippen molar-refractivity contribution in [2.45, 2.75) is 19.4 Å². The molecule has 0 aromatic heterocycles. The van der Waals surface area contributed by atoms with E-state index in [0.717, 1.165) is 0 Å². The van der Waals surface area contributed by atoms with Gasteiger partial charge in [-0.3, -0.25) is 9.59 Å². The molecule has 1 atom stereocenters. The molecule has 0 bridgehead atoms. The van der Waals surface area contributed by atoms with Crippen LogP contribution in [-0.4, -0.2) is 36.1 Å². The van der Waals surface area contributed by atoms with Gasteiger partial charge in [0.1, 0.15) is 0 Å². The quantitative estimate of drug-likeness (QED) is 0.728. The molecule has 0 saturated heterocycles. The molecule has 3 N–H and O–H groups in total. The summed E-state index contributed by atoms with van der Waals surface area (Å²) in [5.41, 5.74) is 0.407. The van der Waals surface area contributed by atoms with Gasteiger partial charge >= 0.3 is 0 Å². The molecule has 0 heterocycles. The number of halogens is 1. The van der Waals surface area contributed by atoms with Crippen molar-refractivity contribution in [2.24, 2.45) is 0 Å². The fraction of sp³-hybridized carbons (Fsp3) is 0.385. The lowest BCUT2D eigenvalue weighted by Gasteiger charge is -2.08. The summed E-state index contributed by atoms with van der Waals surface area (Å²) in [5, 5.41) is 14.6. The number of carbonyl (C=O) groups excluding carboxylic acids is 2. The summed E-state index contributed by atoms with van der Waals surface area (Å²) in [5.74, 6) is -0.649. The Bertz CT molecular complexity index is 449. The van der Waals surface area contributed by atoms with Crippen molar-refractivity contribution in [1.29, 1.82) is 0 Å². The van der Waals surface area contributed by atoms with E-state index in [2.05, 4.69) is 10.6 Å². The first-order valence-corrected chi connectivity index (χ1v) is 6.35. The highest BCUT2D eigenvalue weighted by Gasteiger charge is 2.08. The summed E-state index contributed by atoms with van der Waals surface area (Å²) < 4.78 is 0. The zero-order chi connectivity index (χ0) is 14.3. The van der Waals surface area contributed by atoms with E-state index in [9.17, 15) is 9.59 Å². The van der Waals surface area contributed by atoms with E-state index in [-0.39, 0.29) is 18.4 Å². The number of aliphatic hydroxyl groups is 1. The number of hydrogen-bond acceptors (Lipinski definition) is 3. The van der Waals surface area contributed by atoms with Crippen molar-refractivity contribution >= 4 is 23.4 Å². The van der Waals surface area contributed by atoms with E-state index < -0.39 is 6.10 Å². The first-order chi connectivity index (χ1) is 8.99. The molecule has 0 radical (unpaired) electrons. The van der Waals surface area contributed by atoms with Crippen LogP contribution in [0.1, 0.15) is 23.7 Å². The van der Waals surface area contributed by atoms with Gasteiger partial charge < -0.3 is 15.7 Å². The van der Waals surface area contributed by atoms with Gasteiger partial charge in [0.2, 0.25) is 5.91 Å². The van der Waals surface area contributed by atoms with Crippen LogP contribution in [0.25, 0.3) is 0 Å². The highest BCUT2D eigenvalue weighted by Crippen LogP contribution is 2.10. The molecule has 0 fully saturated rings. The van der Waals surface area contributed by atoms with Crippen molar-refractivity contribution < 1.29 is 14.7 Å². The fourth-order valence-electron chi connectivity index (χ4n) is 1.38. The monoisotopic (exact) mass is 284 g/mol. The van der Waals surface area contributed by atoms with Crippen LogP contribution in [0.3, 0.4) is 0 Å². The Hall–Kier alpha value is -1.59. The Kier molecular flexibility index (Phi) is 6.32. The molecule has 0 saturated carbocycles. The second-order valence-electron chi connectivity index (χ2n) is 4.18. The number of benzene rings is 1. The standard InChI is InChI=1S/C13H17ClN2O3/c1-9(17)5-6-15-12(18)8-16-13(19)10-3-2-4-11(14)7-10/h2-4,7,9,17H,5-6,8H2,1H3,(H,15,18)(H,16,19). The summed E-state index contributed by atoms with van der Waals surface area (Å²) >= 11 is 5.77. The van der Waals surface area contributed by atoms with Gasteiger partial charge in [0.15, 0.2) is 0 Å². The molecule has 0 spiro atoms. The van der Waals surface area contributed by atoms with Gasteiger partial charge in [-0.05, 0) is 31.5 Å². The largest absolute Gasteiger partial charge is 0.393 e. The first-order valence-electron chi connectivity index (χ1n) is 5.97. The summed E-state index contributed by atoms with van der Waals surface area (Å²) in [7, 11) is 0. The molecule has 19 heavy (non-hydrogen) atoms. The minimum Gasteiger partial charge on any atom is -0.393 e. The van der Waals surface area contributed by atoms with Crippen molar-refractivity contribution in [3.05, 3.63) is 34.9 Å². The third kappa shape index (κ3) is 6.22. The van der Waals surface area contributed by atoms with E-state index in [1.807, 2.05) is 0 Å². The highest BCUT2D eigenvalue weighted by atomic mass is 35.5. The Morgan fingerprint density at radius 2 is 2.11 bits per heavy atom. The molecular weight excluding hydrogens is 268 g/mol. The van der Waals surface area contributed by atoms with Crippen molar-refractivity contribution in [1.82, 2.24) is 10.6 Å². The van der Waals surface area contributed by atoms with E-state index >= 15 is 0 Å². The zero-order valence-corrected chi connectivity index (χ0v) is 11.4. The molecule has 5 nitrogen and oxygen atoms in total. The molecular formula is C13H17ClN2O3. The van der Waals surface area contributed by atoms with Gasteiger partial charge in [0.05, 0.1) is 12.6 Å². The summed E-state index contributed by atoms with van der Waals surface area (Å²) in [6.07, 6.45) is 0.0231. The predicted octanol–water partition coefficient (Wildman–Crippen LogP) is 0.957. The number of hydrogen-bond donors (Lipinski definition) is 3. The van der Waals surface area contributed by atoms with Gasteiger partial charge in [0.25, 0.3) is 5.91 Å². The molecule has 1 rings (SSSR count). The van der Waals surface area contributed by atoms with E-state index in [1.165, 1.54) is 6.07 Å². The maximum Gasteiger partial charge on any atom is 0.251 e. The summed E-state index contributed by atoms with van der Waals surface area (Å²) in [6, 6.07) is 6.48. The third-order valence-electron chi connectivity index (χ3n) is 2.38. The Morgan fingerprint density at radius 1 is 1.37 bits per heavy atom. The molecule has 0 aliphatic rings. The molecule has 1 aromatic carbocycles. The first kappa shape index (κ1) is 15.5. The number of aliphatic hydroxyl groups excluding tert-OH is 1. The number of nitrogens with one attached hydrogen (secondary N) is 2. The molecule has 2 amide bonds. The van der Waals surface area contributed by atoms with Crippen LogP contribution in [0.4, 0.5) is 0 Å². The van der Waals surface area contributed by atoms with Crippen LogP contribution in [0.5, 0.6) is 0 Å².